The maximum absolute atomic E-state index is 12.4. The predicted octanol–water partition coefficient (Wildman–Crippen LogP) is 1.73. The van der Waals surface area contributed by atoms with Crippen LogP contribution in [0.5, 0.6) is 0 Å². The molecule has 1 fully saturated rings. The summed E-state index contributed by atoms with van der Waals surface area (Å²) in [5, 5.41) is 16.6. The summed E-state index contributed by atoms with van der Waals surface area (Å²) in [5.74, 6) is -0.228. The number of fused-ring (bicyclic) bond motifs is 1. The standard InChI is InChI=1S/C23H27N3O3/c27-21(20-13-18-5-1-2-6-19(18)14-24-20)15-25-22(28)16-7-9-17(10-8-16)23(29)26-11-3-4-12-26/h1-2,5-10,20-21,24,27H,3-4,11-15H2,(H,25,28)/t20-,21?/m0/s1. The fraction of sp³-hybridized carbons (Fsp3) is 0.391. The van der Waals surface area contributed by atoms with Gasteiger partial charge in [-0.3, -0.25) is 9.59 Å². The first-order valence-corrected chi connectivity index (χ1v) is 10.3. The molecule has 0 saturated carbocycles. The van der Waals surface area contributed by atoms with Crippen LogP contribution in [-0.2, 0) is 13.0 Å². The molecule has 2 aliphatic rings. The van der Waals surface area contributed by atoms with Gasteiger partial charge in [0.15, 0.2) is 0 Å². The van der Waals surface area contributed by atoms with Crippen molar-refractivity contribution in [1.82, 2.24) is 15.5 Å². The Bertz CT molecular complexity index is 875. The zero-order valence-corrected chi connectivity index (χ0v) is 16.4. The molecule has 3 N–H and O–H groups in total. The van der Waals surface area contributed by atoms with Crippen LogP contribution in [0.25, 0.3) is 0 Å². The zero-order valence-electron chi connectivity index (χ0n) is 16.4. The van der Waals surface area contributed by atoms with Crippen molar-refractivity contribution in [3.05, 3.63) is 70.8 Å². The second kappa shape index (κ2) is 8.76. The van der Waals surface area contributed by atoms with E-state index in [1.807, 2.05) is 17.0 Å². The van der Waals surface area contributed by atoms with Gasteiger partial charge in [0, 0.05) is 43.3 Å². The molecule has 0 spiro atoms. The number of carbonyl (C=O) groups excluding carboxylic acids is 2. The highest BCUT2D eigenvalue weighted by Gasteiger charge is 2.25. The largest absolute Gasteiger partial charge is 0.390 e. The molecule has 0 aromatic heterocycles. The van der Waals surface area contributed by atoms with Crippen LogP contribution < -0.4 is 10.6 Å². The molecule has 2 amide bonds. The van der Waals surface area contributed by atoms with Crippen LogP contribution in [0.3, 0.4) is 0 Å². The average Bonchev–Trinajstić information content (AvgIpc) is 3.31. The Balaban J connectivity index is 1.30. The Hall–Kier alpha value is -2.70. The fourth-order valence-corrected chi connectivity index (χ4v) is 4.06. The number of nitrogens with zero attached hydrogens (tertiary/aromatic N) is 1. The van der Waals surface area contributed by atoms with Gasteiger partial charge in [0.05, 0.1) is 6.10 Å². The third-order valence-electron chi connectivity index (χ3n) is 5.84. The lowest BCUT2D eigenvalue weighted by molar-refractivity contribution is 0.0791. The Morgan fingerprint density at radius 1 is 1.03 bits per heavy atom. The lowest BCUT2D eigenvalue weighted by Gasteiger charge is -2.30. The van der Waals surface area contributed by atoms with Gasteiger partial charge in [-0.15, -0.1) is 0 Å². The first kappa shape index (κ1) is 19.6. The molecule has 2 aliphatic heterocycles. The van der Waals surface area contributed by atoms with Crippen molar-refractivity contribution in [1.29, 1.82) is 0 Å². The summed E-state index contributed by atoms with van der Waals surface area (Å²) < 4.78 is 0. The van der Waals surface area contributed by atoms with E-state index in [9.17, 15) is 14.7 Å². The van der Waals surface area contributed by atoms with E-state index >= 15 is 0 Å². The number of likely N-dealkylation sites (tertiary alicyclic amines) is 1. The minimum absolute atomic E-state index is 0.0218. The number of hydrogen-bond acceptors (Lipinski definition) is 4. The molecular weight excluding hydrogens is 366 g/mol. The molecular formula is C23H27N3O3. The van der Waals surface area contributed by atoms with Crippen molar-refractivity contribution in [2.75, 3.05) is 19.6 Å². The third-order valence-corrected chi connectivity index (χ3v) is 5.84. The SMILES string of the molecule is O=C(NCC(O)[C@@H]1Cc2ccccc2CN1)c1ccc(C(=O)N2CCCC2)cc1. The van der Waals surface area contributed by atoms with Gasteiger partial charge in [-0.05, 0) is 54.7 Å². The second-order valence-electron chi connectivity index (χ2n) is 7.81. The Labute approximate surface area is 170 Å². The van der Waals surface area contributed by atoms with Crippen LogP contribution in [-0.4, -0.2) is 53.6 Å². The molecule has 6 heteroatoms. The molecule has 0 radical (unpaired) electrons. The van der Waals surface area contributed by atoms with Gasteiger partial charge in [-0.1, -0.05) is 24.3 Å². The van der Waals surface area contributed by atoms with Crippen molar-refractivity contribution >= 4 is 11.8 Å². The Morgan fingerprint density at radius 3 is 2.41 bits per heavy atom. The first-order valence-electron chi connectivity index (χ1n) is 10.3. The summed E-state index contributed by atoms with van der Waals surface area (Å²) in [4.78, 5) is 26.7. The van der Waals surface area contributed by atoms with Gasteiger partial charge in [0.1, 0.15) is 0 Å². The Morgan fingerprint density at radius 2 is 1.69 bits per heavy atom. The summed E-state index contributed by atoms with van der Waals surface area (Å²) in [6, 6.07) is 14.8. The molecule has 6 nitrogen and oxygen atoms in total. The summed E-state index contributed by atoms with van der Waals surface area (Å²) in [6.07, 6.45) is 2.16. The van der Waals surface area contributed by atoms with Gasteiger partial charge >= 0.3 is 0 Å². The number of benzene rings is 2. The zero-order chi connectivity index (χ0) is 20.2. The predicted molar refractivity (Wildman–Crippen MR) is 111 cm³/mol. The molecule has 2 aromatic carbocycles. The highest BCUT2D eigenvalue weighted by Crippen LogP contribution is 2.18. The van der Waals surface area contributed by atoms with Crippen LogP contribution in [0.4, 0.5) is 0 Å². The lowest BCUT2D eigenvalue weighted by Crippen LogP contribution is -2.49. The number of amides is 2. The van der Waals surface area contributed by atoms with Crippen molar-refractivity contribution < 1.29 is 14.7 Å². The molecule has 4 rings (SSSR count). The normalized spacial score (nSPS) is 19.5. The molecule has 2 atom stereocenters. The topological polar surface area (TPSA) is 81.7 Å². The van der Waals surface area contributed by atoms with Crippen molar-refractivity contribution in [2.45, 2.75) is 38.0 Å². The quantitative estimate of drug-likeness (QED) is 0.723. The van der Waals surface area contributed by atoms with Gasteiger partial charge in [0.25, 0.3) is 11.8 Å². The van der Waals surface area contributed by atoms with Crippen LogP contribution in [0.2, 0.25) is 0 Å². The molecule has 0 bridgehead atoms. The minimum atomic E-state index is -0.677. The average molecular weight is 393 g/mol. The van der Waals surface area contributed by atoms with E-state index in [1.165, 1.54) is 11.1 Å². The summed E-state index contributed by atoms with van der Waals surface area (Å²) in [6.45, 7) is 2.50. The molecule has 2 aromatic rings. The number of hydrogen-bond donors (Lipinski definition) is 3. The van der Waals surface area contributed by atoms with Crippen LogP contribution in [0, 0.1) is 0 Å². The number of aliphatic hydroxyl groups excluding tert-OH is 1. The lowest BCUT2D eigenvalue weighted by atomic mass is 9.93. The van der Waals surface area contributed by atoms with Gasteiger partial charge in [-0.25, -0.2) is 0 Å². The highest BCUT2D eigenvalue weighted by molar-refractivity contribution is 5.97. The van der Waals surface area contributed by atoms with Gasteiger partial charge in [0.2, 0.25) is 0 Å². The monoisotopic (exact) mass is 393 g/mol. The maximum atomic E-state index is 12.4. The van der Waals surface area contributed by atoms with E-state index in [2.05, 4.69) is 22.8 Å². The van der Waals surface area contributed by atoms with Gasteiger partial charge in [-0.2, -0.15) is 0 Å². The minimum Gasteiger partial charge on any atom is -0.390 e. The number of carbonyl (C=O) groups is 2. The van der Waals surface area contributed by atoms with E-state index < -0.39 is 6.10 Å². The third kappa shape index (κ3) is 4.49. The molecule has 2 heterocycles. The van der Waals surface area contributed by atoms with E-state index in [1.54, 1.807) is 24.3 Å². The van der Waals surface area contributed by atoms with E-state index in [4.69, 9.17) is 0 Å². The molecule has 152 valence electrons. The fourth-order valence-electron chi connectivity index (χ4n) is 4.06. The van der Waals surface area contributed by atoms with Gasteiger partial charge < -0.3 is 20.6 Å². The molecule has 0 aliphatic carbocycles. The molecule has 1 saturated heterocycles. The van der Waals surface area contributed by atoms with Crippen molar-refractivity contribution in [3.63, 3.8) is 0 Å². The van der Waals surface area contributed by atoms with Crippen molar-refractivity contribution in [2.24, 2.45) is 0 Å². The van der Waals surface area contributed by atoms with Crippen LogP contribution in [0.1, 0.15) is 44.7 Å². The summed E-state index contributed by atoms with van der Waals surface area (Å²) in [5.41, 5.74) is 3.58. The summed E-state index contributed by atoms with van der Waals surface area (Å²) in [7, 11) is 0. The summed E-state index contributed by atoms with van der Waals surface area (Å²) >= 11 is 0. The Kier molecular flexibility index (Phi) is 5.92. The van der Waals surface area contributed by atoms with E-state index in [0.29, 0.717) is 11.1 Å². The molecule has 1 unspecified atom stereocenters. The highest BCUT2D eigenvalue weighted by atomic mass is 16.3. The van der Waals surface area contributed by atoms with Crippen LogP contribution in [0.15, 0.2) is 48.5 Å². The van der Waals surface area contributed by atoms with E-state index in [-0.39, 0.29) is 24.4 Å². The van der Waals surface area contributed by atoms with Crippen LogP contribution >= 0.6 is 0 Å². The number of nitrogens with one attached hydrogen (secondary N) is 2. The number of rotatable bonds is 5. The van der Waals surface area contributed by atoms with E-state index in [0.717, 1.165) is 38.9 Å². The smallest absolute Gasteiger partial charge is 0.253 e. The number of aliphatic hydroxyl groups is 1. The second-order valence-corrected chi connectivity index (χ2v) is 7.81. The maximum Gasteiger partial charge on any atom is 0.253 e. The first-order chi connectivity index (χ1) is 14.1. The van der Waals surface area contributed by atoms with Crippen molar-refractivity contribution in [3.8, 4) is 0 Å². The molecule has 29 heavy (non-hydrogen) atoms.